The third-order valence-corrected chi connectivity index (χ3v) is 12.3. The summed E-state index contributed by atoms with van der Waals surface area (Å²) in [4.78, 5) is 25.5. The van der Waals surface area contributed by atoms with E-state index >= 15 is 0 Å². The van der Waals surface area contributed by atoms with E-state index < -0.39 is 71.2 Å². The molecule has 0 saturated carbocycles. The van der Waals surface area contributed by atoms with Gasteiger partial charge in [0.2, 0.25) is 0 Å². The number of allylic oxidation sites excluding steroid dienone is 4. The summed E-state index contributed by atoms with van der Waals surface area (Å²) in [6, 6.07) is 0. The summed E-state index contributed by atoms with van der Waals surface area (Å²) in [6.07, 6.45) is 35.1. The summed E-state index contributed by atoms with van der Waals surface area (Å²) in [5, 5.41) is 30.9. The highest BCUT2D eigenvalue weighted by Crippen LogP contribution is 2.24. The average molecular weight is 903 g/mol. The van der Waals surface area contributed by atoms with Gasteiger partial charge in [0.15, 0.2) is 12.4 Å². The van der Waals surface area contributed by atoms with Crippen molar-refractivity contribution >= 4 is 22.1 Å². The molecule has 1 heterocycles. The summed E-state index contributed by atoms with van der Waals surface area (Å²) in [5.74, 6) is -1.99. The van der Waals surface area contributed by atoms with Gasteiger partial charge in [-0.25, -0.2) is 0 Å². The van der Waals surface area contributed by atoms with Crippen molar-refractivity contribution in [3.63, 3.8) is 0 Å². The first kappa shape index (κ1) is 58.1. The number of hydrogen-bond acceptors (Lipinski definition) is 11. The van der Waals surface area contributed by atoms with Crippen molar-refractivity contribution in [2.75, 3.05) is 19.0 Å². The lowest BCUT2D eigenvalue weighted by atomic mass is 10.00. The van der Waals surface area contributed by atoms with E-state index in [1.54, 1.807) is 0 Å². The predicted octanol–water partition coefficient (Wildman–Crippen LogP) is 10.8. The van der Waals surface area contributed by atoms with Crippen molar-refractivity contribution < 1.29 is 56.8 Å². The Morgan fingerprint density at radius 1 is 0.548 bits per heavy atom. The number of esters is 2. The molecule has 6 atom stereocenters. The molecule has 0 aromatic rings. The van der Waals surface area contributed by atoms with Crippen LogP contribution < -0.4 is 0 Å². The Balaban J connectivity index is 2.38. The van der Waals surface area contributed by atoms with E-state index in [-0.39, 0.29) is 19.4 Å². The lowest BCUT2D eigenvalue weighted by Crippen LogP contribution is -2.60. The van der Waals surface area contributed by atoms with Crippen LogP contribution in [-0.4, -0.2) is 96.0 Å². The maximum atomic E-state index is 12.9. The molecule has 1 saturated heterocycles. The van der Waals surface area contributed by atoms with Gasteiger partial charge in [-0.3, -0.25) is 14.1 Å². The smallest absolute Gasteiger partial charge is 0.306 e. The molecule has 0 spiro atoms. The molecule has 13 heteroatoms. The Morgan fingerprint density at radius 3 is 1.47 bits per heavy atom. The van der Waals surface area contributed by atoms with Gasteiger partial charge in [0.1, 0.15) is 36.8 Å². The second kappa shape index (κ2) is 39.5. The van der Waals surface area contributed by atoms with Gasteiger partial charge in [0.05, 0.1) is 6.61 Å². The summed E-state index contributed by atoms with van der Waals surface area (Å²) >= 11 is 0. The fourth-order valence-corrected chi connectivity index (χ4v) is 8.33. The Morgan fingerprint density at radius 2 is 0.984 bits per heavy atom. The molecule has 12 nitrogen and oxygen atoms in total. The third kappa shape index (κ3) is 33.6. The van der Waals surface area contributed by atoms with Crippen molar-refractivity contribution in [1.29, 1.82) is 0 Å². The summed E-state index contributed by atoms with van der Waals surface area (Å²) < 4.78 is 54.2. The number of aliphatic hydroxyl groups is 3. The van der Waals surface area contributed by atoms with Crippen molar-refractivity contribution in [2.24, 2.45) is 0 Å². The van der Waals surface area contributed by atoms with Crippen LogP contribution in [0.2, 0.25) is 0 Å². The topological polar surface area (TPSA) is 186 Å². The molecule has 1 aliphatic rings. The van der Waals surface area contributed by atoms with E-state index in [1.807, 2.05) is 0 Å². The molecule has 0 aliphatic carbocycles. The zero-order valence-electron chi connectivity index (χ0n) is 39.0. The van der Waals surface area contributed by atoms with Crippen molar-refractivity contribution in [3.8, 4) is 0 Å². The molecule has 0 radical (unpaired) electrons. The van der Waals surface area contributed by atoms with Gasteiger partial charge >= 0.3 is 11.9 Å². The number of aliphatic hydroxyl groups excluding tert-OH is 3. The summed E-state index contributed by atoms with van der Waals surface area (Å²) in [7, 11) is -4.60. The van der Waals surface area contributed by atoms with Crippen molar-refractivity contribution in [2.45, 2.75) is 256 Å². The fraction of sp³-hybridized carbons (Fsp3) is 0.878. The van der Waals surface area contributed by atoms with Gasteiger partial charge in [-0.15, -0.1) is 0 Å². The van der Waals surface area contributed by atoms with E-state index in [0.717, 1.165) is 64.2 Å². The largest absolute Gasteiger partial charge is 0.462 e. The number of unbranched alkanes of at least 4 members (excludes halogenated alkanes) is 26. The Hall–Kier alpha value is -1.87. The van der Waals surface area contributed by atoms with Crippen LogP contribution in [0.3, 0.4) is 0 Å². The maximum absolute atomic E-state index is 12.9. The number of rotatable bonds is 42. The van der Waals surface area contributed by atoms with Crippen LogP contribution in [0, 0.1) is 0 Å². The molecule has 364 valence electrons. The standard InChI is InChI=1S/C49H90O12S/c1-3-5-7-9-11-13-15-17-19-20-21-22-23-24-26-28-30-32-34-36-38-45(51)60-42(40-59-49-48(54)47(53)46(52)43(61-49)41-62(55,56)57)39-58-44(50)37-35-33-31-29-27-25-18-16-14-12-10-8-6-4-2/h10,12,16,18,42-43,46-49,52-54H,3-9,11,13-15,17,19-41H2,1-2H3,(H,55,56,57)/b12-10+,18-16+/t42-,43-,46-,47?,48?,49+/m1/s1. The zero-order chi connectivity index (χ0) is 45.5. The van der Waals surface area contributed by atoms with Gasteiger partial charge < -0.3 is 34.3 Å². The molecule has 4 N–H and O–H groups in total. The molecular weight excluding hydrogens is 813 g/mol. The van der Waals surface area contributed by atoms with Gasteiger partial charge in [-0.05, 0) is 38.5 Å². The molecule has 0 aromatic carbocycles. The minimum atomic E-state index is -4.60. The van der Waals surface area contributed by atoms with Crippen LogP contribution in [0.4, 0.5) is 0 Å². The highest BCUT2D eigenvalue weighted by Gasteiger charge is 2.46. The normalized spacial score (nSPS) is 20.0. The van der Waals surface area contributed by atoms with Crippen LogP contribution in [-0.2, 0) is 38.7 Å². The van der Waals surface area contributed by atoms with Gasteiger partial charge in [-0.2, -0.15) is 8.42 Å². The highest BCUT2D eigenvalue weighted by molar-refractivity contribution is 7.85. The Labute approximate surface area is 377 Å². The molecule has 2 unspecified atom stereocenters. The van der Waals surface area contributed by atoms with Crippen LogP contribution in [0.5, 0.6) is 0 Å². The number of hydrogen-bond donors (Lipinski definition) is 4. The quantitative estimate of drug-likeness (QED) is 0.0197. The first-order chi connectivity index (χ1) is 30.0. The van der Waals surface area contributed by atoms with E-state index in [9.17, 15) is 37.9 Å². The minimum Gasteiger partial charge on any atom is -0.462 e. The molecule has 1 aliphatic heterocycles. The first-order valence-electron chi connectivity index (χ1n) is 24.9. The SMILES string of the molecule is CCCC/C=C/C/C=C/CCCCCCCC(=O)OC[C@H](CO[C@H]1O[C@H](CS(=O)(=O)O)[C@@H](O)C(O)C1O)OC(=O)CCCCCCCCCCCCCCCCCCCCCC. The van der Waals surface area contributed by atoms with E-state index in [0.29, 0.717) is 12.8 Å². The number of ether oxygens (including phenoxy) is 4. The third-order valence-electron chi connectivity index (χ3n) is 11.5. The average Bonchev–Trinajstić information content (AvgIpc) is 3.24. The van der Waals surface area contributed by atoms with Crippen molar-refractivity contribution in [1.82, 2.24) is 0 Å². The van der Waals surface area contributed by atoms with Crippen LogP contribution in [0.1, 0.15) is 219 Å². The summed E-state index contributed by atoms with van der Waals surface area (Å²) in [5.41, 5.74) is 0. The second-order valence-corrected chi connectivity index (χ2v) is 19.0. The Kier molecular flexibility index (Phi) is 37.0. The fourth-order valence-electron chi connectivity index (χ4n) is 7.64. The molecule has 0 aromatic heterocycles. The molecule has 62 heavy (non-hydrogen) atoms. The second-order valence-electron chi connectivity index (χ2n) is 17.5. The van der Waals surface area contributed by atoms with E-state index in [4.69, 9.17) is 18.9 Å². The summed E-state index contributed by atoms with van der Waals surface area (Å²) in [6.45, 7) is 3.74. The van der Waals surface area contributed by atoms with E-state index in [1.165, 1.54) is 116 Å². The number of carbonyl (C=O) groups excluding carboxylic acids is 2. The lowest BCUT2D eigenvalue weighted by Gasteiger charge is -2.40. The Bertz CT molecular complexity index is 1240. The monoisotopic (exact) mass is 903 g/mol. The number of carbonyl (C=O) groups is 2. The molecular formula is C49H90O12S. The van der Waals surface area contributed by atoms with Crippen LogP contribution in [0.25, 0.3) is 0 Å². The molecule has 1 fully saturated rings. The molecule has 0 bridgehead atoms. The zero-order valence-corrected chi connectivity index (χ0v) is 39.8. The first-order valence-corrected chi connectivity index (χ1v) is 26.5. The molecule has 0 amide bonds. The minimum absolute atomic E-state index is 0.166. The van der Waals surface area contributed by atoms with E-state index in [2.05, 4.69) is 38.2 Å². The van der Waals surface area contributed by atoms with Crippen LogP contribution >= 0.6 is 0 Å². The maximum Gasteiger partial charge on any atom is 0.306 e. The highest BCUT2D eigenvalue weighted by atomic mass is 32.2. The predicted molar refractivity (Wildman–Crippen MR) is 247 cm³/mol. The van der Waals surface area contributed by atoms with Gasteiger partial charge in [0.25, 0.3) is 10.1 Å². The lowest BCUT2D eigenvalue weighted by molar-refractivity contribution is -0.297. The molecule has 1 rings (SSSR count). The van der Waals surface area contributed by atoms with Gasteiger partial charge in [0, 0.05) is 12.8 Å². The van der Waals surface area contributed by atoms with Gasteiger partial charge in [-0.1, -0.05) is 192 Å². The van der Waals surface area contributed by atoms with Crippen LogP contribution in [0.15, 0.2) is 24.3 Å². The van der Waals surface area contributed by atoms with Crippen molar-refractivity contribution in [3.05, 3.63) is 24.3 Å².